The molecule has 0 bridgehead atoms. The third-order valence-corrected chi connectivity index (χ3v) is 2.98. The lowest BCUT2D eigenvalue weighted by atomic mass is 10.5. The Morgan fingerprint density at radius 3 is 2.93 bits per heavy atom. The maximum Gasteiger partial charge on any atom is 0.213 e. The summed E-state index contributed by atoms with van der Waals surface area (Å²) in [6, 6.07) is 0. The molecule has 0 amide bonds. The Labute approximate surface area is 83.2 Å². The summed E-state index contributed by atoms with van der Waals surface area (Å²) in [4.78, 5) is 6.59. The summed E-state index contributed by atoms with van der Waals surface area (Å²) >= 11 is 0. The quantitative estimate of drug-likeness (QED) is 0.574. The Kier molecular flexibility index (Phi) is 4.05. The summed E-state index contributed by atoms with van der Waals surface area (Å²) in [6.07, 6.45) is 3.10. The highest BCUT2D eigenvalue weighted by Crippen LogP contribution is 1.92. The van der Waals surface area contributed by atoms with Gasteiger partial charge < -0.3 is 10.3 Å². The number of nitrogens with one attached hydrogen (secondary N) is 3. The lowest BCUT2D eigenvalue weighted by Gasteiger charge is -2.04. The molecule has 0 aliphatic carbocycles. The van der Waals surface area contributed by atoms with E-state index in [1.807, 2.05) is 0 Å². The van der Waals surface area contributed by atoms with Gasteiger partial charge in [0.2, 0.25) is 10.0 Å². The van der Waals surface area contributed by atoms with E-state index in [2.05, 4.69) is 20.0 Å². The van der Waals surface area contributed by atoms with Crippen molar-refractivity contribution in [2.45, 2.75) is 6.54 Å². The van der Waals surface area contributed by atoms with Gasteiger partial charge in [-0.25, -0.2) is 18.1 Å². The molecular weight excluding hydrogens is 204 g/mol. The molecule has 0 atom stereocenters. The van der Waals surface area contributed by atoms with E-state index in [-0.39, 0.29) is 12.3 Å². The minimum atomic E-state index is -3.18. The normalized spacial score (nSPS) is 11.8. The van der Waals surface area contributed by atoms with E-state index in [1.54, 1.807) is 13.2 Å². The molecule has 14 heavy (non-hydrogen) atoms. The predicted octanol–water partition coefficient (Wildman–Crippen LogP) is -0.951. The van der Waals surface area contributed by atoms with Crippen molar-refractivity contribution >= 4 is 10.0 Å². The van der Waals surface area contributed by atoms with Crippen molar-refractivity contribution < 1.29 is 8.42 Å². The topological polar surface area (TPSA) is 86.9 Å². The molecule has 7 heteroatoms. The molecule has 80 valence electrons. The van der Waals surface area contributed by atoms with Crippen molar-refractivity contribution in [2.24, 2.45) is 0 Å². The first-order chi connectivity index (χ1) is 6.64. The van der Waals surface area contributed by atoms with Crippen LogP contribution in [0.5, 0.6) is 0 Å². The van der Waals surface area contributed by atoms with Gasteiger partial charge in [0.25, 0.3) is 0 Å². The molecule has 0 radical (unpaired) electrons. The maximum absolute atomic E-state index is 11.3. The molecule has 1 aromatic rings. The van der Waals surface area contributed by atoms with Gasteiger partial charge in [0.05, 0.1) is 18.6 Å². The number of hydrogen-bond acceptors (Lipinski definition) is 4. The van der Waals surface area contributed by atoms with Gasteiger partial charge in [0, 0.05) is 18.4 Å². The second kappa shape index (κ2) is 5.08. The van der Waals surface area contributed by atoms with Crippen molar-refractivity contribution in [1.29, 1.82) is 0 Å². The Morgan fingerprint density at radius 1 is 1.57 bits per heavy atom. The fourth-order valence-electron chi connectivity index (χ4n) is 0.878. The van der Waals surface area contributed by atoms with Gasteiger partial charge in [0.1, 0.15) is 0 Å². The van der Waals surface area contributed by atoms with Gasteiger partial charge in [-0.2, -0.15) is 0 Å². The number of sulfonamides is 1. The van der Waals surface area contributed by atoms with E-state index in [0.717, 1.165) is 5.69 Å². The van der Waals surface area contributed by atoms with E-state index < -0.39 is 10.0 Å². The molecule has 0 fully saturated rings. The standard InChI is InChI=1S/C7H14N4O2S/c1-8-2-3-14(12,13)11-5-7-4-9-6-10-7/h4,6,8,11H,2-3,5H2,1H3,(H,9,10). The van der Waals surface area contributed by atoms with Gasteiger partial charge in [-0.3, -0.25) is 0 Å². The van der Waals surface area contributed by atoms with Crippen LogP contribution < -0.4 is 10.0 Å². The third kappa shape index (κ3) is 3.86. The minimum absolute atomic E-state index is 0.0810. The molecule has 3 N–H and O–H groups in total. The first-order valence-corrected chi connectivity index (χ1v) is 5.88. The summed E-state index contributed by atoms with van der Waals surface area (Å²) in [5.41, 5.74) is 0.748. The first kappa shape index (κ1) is 11.2. The molecule has 1 aromatic heterocycles. The molecule has 0 saturated carbocycles. The van der Waals surface area contributed by atoms with E-state index in [4.69, 9.17) is 0 Å². The monoisotopic (exact) mass is 218 g/mol. The number of rotatable bonds is 6. The van der Waals surface area contributed by atoms with Crippen molar-refractivity contribution in [3.63, 3.8) is 0 Å². The Bertz CT molecular complexity index is 346. The number of aromatic nitrogens is 2. The van der Waals surface area contributed by atoms with E-state index in [1.165, 1.54) is 6.33 Å². The predicted molar refractivity (Wildman–Crippen MR) is 53.1 cm³/mol. The van der Waals surface area contributed by atoms with Gasteiger partial charge in [-0.05, 0) is 7.05 Å². The average Bonchev–Trinajstić information content (AvgIpc) is 2.64. The van der Waals surface area contributed by atoms with Crippen molar-refractivity contribution in [2.75, 3.05) is 19.3 Å². The highest BCUT2D eigenvalue weighted by molar-refractivity contribution is 7.89. The smallest absolute Gasteiger partial charge is 0.213 e. The van der Waals surface area contributed by atoms with Crippen LogP contribution in [-0.2, 0) is 16.6 Å². The van der Waals surface area contributed by atoms with Crippen LogP contribution in [0.4, 0.5) is 0 Å². The van der Waals surface area contributed by atoms with Crippen LogP contribution >= 0.6 is 0 Å². The van der Waals surface area contributed by atoms with Crippen LogP contribution in [0.3, 0.4) is 0 Å². The molecular formula is C7H14N4O2S. The van der Waals surface area contributed by atoms with Crippen molar-refractivity contribution in [1.82, 2.24) is 20.0 Å². The highest BCUT2D eigenvalue weighted by atomic mass is 32.2. The van der Waals surface area contributed by atoms with Gasteiger partial charge in [-0.15, -0.1) is 0 Å². The minimum Gasteiger partial charge on any atom is -0.347 e. The molecule has 0 saturated heterocycles. The molecule has 0 aliphatic heterocycles. The Balaban J connectivity index is 2.37. The lowest BCUT2D eigenvalue weighted by molar-refractivity contribution is 0.578. The Hall–Kier alpha value is -0.920. The van der Waals surface area contributed by atoms with Crippen molar-refractivity contribution in [3.8, 4) is 0 Å². The van der Waals surface area contributed by atoms with Crippen LogP contribution in [0.1, 0.15) is 5.69 Å². The summed E-state index contributed by atoms with van der Waals surface area (Å²) < 4.78 is 25.1. The van der Waals surface area contributed by atoms with Gasteiger partial charge >= 0.3 is 0 Å². The largest absolute Gasteiger partial charge is 0.347 e. The average molecular weight is 218 g/mol. The zero-order valence-corrected chi connectivity index (χ0v) is 8.76. The SMILES string of the molecule is CNCCS(=O)(=O)NCc1cnc[nH]1. The zero-order valence-electron chi connectivity index (χ0n) is 7.95. The fraction of sp³-hybridized carbons (Fsp3) is 0.571. The van der Waals surface area contributed by atoms with Gasteiger partial charge in [0.15, 0.2) is 0 Å². The maximum atomic E-state index is 11.3. The fourth-order valence-corrected chi connectivity index (χ4v) is 1.87. The van der Waals surface area contributed by atoms with Crippen molar-refractivity contribution in [3.05, 3.63) is 18.2 Å². The zero-order chi connectivity index (χ0) is 10.4. The number of H-pyrrole nitrogens is 1. The summed E-state index contributed by atoms with van der Waals surface area (Å²) in [5, 5.41) is 2.78. The summed E-state index contributed by atoms with van der Waals surface area (Å²) in [7, 11) is -1.47. The third-order valence-electron chi connectivity index (χ3n) is 1.66. The van der Waals surface area contributed by atoms with Crippen LogP contribution in [0, 0.1) is 0 Å². The Morgan fingerprint density at radius 2 is 2.36 bits per heavy atom. The molecule has 0 aliphatic rings. The highest BCUT2D eigenvalue weighted by Gasteiger charge is 2.08. The molecule has 1 rings (SSSR count). The van der Waals surface area contributed by atoms with E-state index >= 15 is 0 Å². The van der Waals surface area contributed by atoms with Crippen LogP contribution in [0.25, 0.3) is 0 Å². The molecule has 1 heterocycles. The summed E-state index contributed by atoms with van der Waals surface area (Å²) in [5.74, 6) is 0.0810. The van der Waals surface area contributed by atoms with Crippen LogP contribution in [-0.4, -0.2) is 37.7 Å². The molecule has 0 spiro atoms. The number of nitrogens with zero attached hydrogens (tertiary/aromatic N) is 1. The van der Waals surface area contributed by atoms with Crippen LogP contribution in [0.2, 0.25) is 0 Å². The molecule has 0 unspecified atom stereocenters. The number of imidazole rings is 1. The molecule has 6 nitrogen and oxygen atoms in total. The van der Waals surface area contributed by atoms with E-state index in [9.17, 15) is 8.42 Å². The van der Waals surface area contributed by atoms with Crippen LogP contribution in [0.15, 0.2) is 12.5 Å². The second-order valence-corrected chi connectivity index (χ2v) is 4.75. The second-order valence-electron chi connectivity index (χ2n) is 2.82. The number of hydrogen-bond donors (Lipinski definition) is 3. The van der Waals surface area contributed by atoms with Gasteiger partial charge in [-0.1, -0.05) is 0 Å². The summed E-state index contributed by atoms with van der Waals surface area (Å²) in [6.45, 7) is 0.699. The lowest BCUT2D eigenvalue weighted by Crippen LogP contribution is -2.30. The number of aromatic amines is 1. The van der Waals surface area contributed by atoms with E-state index in [0.29, 0.717) is 6.54 Å². The molecule has 0 aromatic carbocycles. The first-order valence-electron chi connectivity index (χ1n) is 4.23.